The standard InChI is InChI=1S/C13H15F3N4/c1-7(18-2)5-10-9-4-3-8(13(14,15)16)6-11(9)20-12(17)19-10/h3-4,6-7,18H,5H2,1-2H3,(H2,17,19,20). The van der Waals surface area contributed by atoms with Crippen molar-refractivity contribution in [2.24, 2.45) is 0 Å². The highest BCUT2D eigenvalue weighted by Crippen LogP contribution is 2.31. The molecule has 1 unspecified atom stereocenters. The first kappa shape index (κ1) is 14.5. The highest BCUT2D eigenvalue weighted by atomic mass is 19.4. The van der Waals surface area contributed by atoms with Crippen molar-refractivity contribution in [2.45, 2.75) is 25.6 Å². The van der Waals surface area contributed by atoms with Gasteiger partial charge in [0.2, 0.25) is 5.95 Å². The summed E-state index contributed by atoms with van der Waals surface area (Å²) >= 11 is 0. The van der Waals surface area contributed by atoms with Gasteiger partial charge in [-0.05, 0) is 26.1 Å². The molecule has 1 aromatic heterocycles. The summed E-state index contributed by atoms with van der Waals surface area (Å²) in [6, 6.07) is 3.57. The van der Waals surface area contributed by atoms with Crippen LogP contribution < -0.4 is 11.1 Å². The van der Waals surface area contributed by atoms with Crippen LogP contribution in [0, 0.1) is 0 Å². The van der Waals surface area contributed by atoms with Crippen LogP contribution in [0.1, 0.15) is 18.2 Å². The van der Waals surface area contributed by atoms with Crippen LogP contribution in [0.5, 0.6) is 0 Å². The number of alkyl halides is 3. The fourth-order valence-electron chi connectivity index (χ4n) is 1.94. The van der Waals surface area contributed by atoms with Crippen molar-refractivity contribution in [3.05, 3.63) is 29.5 Å². The number of aromatic nitrogens is 2. The van der Waals surface area contributed by atoms with Crippen molar-refractivity contribution >= 4 is 16.9 Å². The van der Waals surface area contributed by atoms with E-state index >= 15 is 0 Å². The SMILES string of the molecule is CNC(C)Cc1nc(N)nc2cc(C(F)(F)F)ccc12. The van der Waals surface area contributed by atoms with E-state index in [1.807, 2.05) is 6.92 Å². The zero-order valence-electron chi connectivity index (χ0n) is 11.1. The largest absolute Gasteiger partial charge is 0.416 e. The van der Waals surface area contributed by atoms with E-state index in [1.54, 1.807) is 7.05 Å². The molecule has 3 N–H and O–H groups in total. The Balaban J connectivity index is 2.55. The van der Waals surface area contributed by atoms with Gasteiger partial charge in [0.1, 0.15) is 0 Å². The summed E-state index contributed by atoms with van der Waals surface area (Å²) in [5.41, 5.74) is 5.69. The maximum atomic E-state index is 12.7. The third-order valence-corrected chi connectivity index (χ3v) is 3.11. The van der Waals surface area contributed by atoms with Crippen molar-refractivity contribution in [3.8, 4) is 0 Å². The molecule has 108 valence electrons. The van der Waals surface area contributed by atoms with Gasteiger partial charge >= 0.3 is 6.18 Å². The summed E-state index contributed by atoms with van der Waals surface area (Å²) in [6.45, 7) is 1.95. The summed E-state index contributed by atoms with van der Waals surface area (Å²) < 4.78 is 38.1. The van der Waals surface area contributed by atoms with E-state index in [4.69, 9.17) is 5.73 Å². The van der Waals surface area contributed by atoms with Crippen LogP contribution in [-0.2, 0) is 12.6 Å². The van der Waals surface area contributed by atoms with Crippen LogP contribution in [-0.4, -0.2) is 23.1 Å². The molecule has 7 heteroatoms. The maximum absolute atomic E-state index is 12.7. The fourth-order valence-corrected chi connectivity index (χ4v) is 1.94. The molecule has 4 nitrogen and oxygen atoms in total. The van der Waals surface area contributed by atoms with E-state index in [0.29, 0.717) is 17.5 Å². The Kier molecular flexibility index (Phi) is 3.80. The highest BCUT2D eigenvalue weighted by molar-refractivity contribution is 5.82. The number of nitrogens with two attached hydrogens (primary N) is 1. The van der Waals surface area contributed by atoms with E-state index in [9.17, 15) is 13.2 Å². The predicted molar refractivity (Wildman–Crippen MR) is 71.2 cm³/mol. The number of halogens is 3. The van der Waals surface area contributed by atoms with Crippen LogP contribution in [0.15, 0.2) is 18.2 Å². The van der Waals surface area contributed by atoms with E-state index in [1.165, 1.54) is 6.07 Å². The second-order valence-electron chi connectivity index (χ2n) is 4.65. The van der Waals surface area contributed by atoms with E-state index < -0.39 is 11.7 Å². The van der Waals surface area contributed by atoms with E-state index in [0.717, 1.165) is 12.1 Å². The molecule has 0 saturated heterocycles. The predicted octanol–water partition coefficient (Wildman–Crippen LogP) is 2.38. The molecule has 1 aromatic carbocycles. The average Bonchev–Trinajstić information content (AvgIpc) is 2.36. The Labute approximate surface area is 114 Å². The molecule has 1 heterocycles. The number of fused-ring (bicyclic) bond motifs is 1. The second-order valence-corrected chi connectivity index (χ2v) is 4.65. The normalized spacial score (nSPS) is 13.7. The summed E-state index contributed by atoms with van der Waals surface area (Å²) in [5.74, 6) is -0.0184. The van der Waals surface area contributed by atoms with Crippen LogP contribution in [0.4, 0.5) is 19.1 Å². The summed E-state index contributed by atoms with van der Waals surface area (Å²) in [7, 11) is 1.80. The zero-order valence-corrected chi connectivity index (χ0v) is 11.1. The first-order valence-corrected chi connectivity index (χ1v) is 6.12. The van der Waals surface area contributed by atoms with Crippen LogP contribution in [0.2, 0.25) is 0 Å². The van der Waals surface area contributed by atoms with Crippen LogP contribution in [0.25, 0.3) is 10.9 Å². The molecule has 0 radical (unpaired) electrons. The summed E-state index contributed by atoms with van der Waals surface area (Å²) in [4.78, 5) is 8.02. The lowest BCUT2D eigenvalue weighted by molar-refractivity contribution is -0.137. The number of rotatable bonds is 3. The number of hydrogen-bond donors (Lipinski definition) is 2. The average molecular weight is 284 g/mol. The van der Waals surface area contributed by atoms with Gasteiger partial charge in [0.05, 0.1) is 16.8 Å². The minimum absolute atomic E-state index is 0.0184. The zero-order chi connectivity index (χ0) is 14.9. The Hall–Kier alpha value is -1.89. The van der Waals surface area contributed by atoms with Crippen molar-refractivity contribution < 1.29 is 13.2 Å². The number of nitrogen functional groups attached to an aromatic ring is 1. The van der Waals surface area contributed by atoms with Gasteiger partial charge in [0, 0.05) is 17.8 Å². The number of hydrogen-bond acceptors (Lipinski definition) is 4. The molecule has 0 bridgehead atoms. The molecule has 0 aliphatic rings. The van der Waals surface area contributed by atoms with Gasteiger partial charge in [-0.1, -0.05) is 6.07 Å². The molecule has 1 atom stereocenters. The van der Waals surface area contributed by atoms with Crippen molar-refractivity contribution in [1.82, 2.24) is 15.3 Å². The minimum atomic E-state index is -4.40. The molecular formula is C13H15F3N4. The molecular weight excluding hydrogens is 269 g/mol. The van der Waals surface area contributed by atoms with Gasteiger partial charge in [0.15, 0.2) is 0 Å². The molecule has 0 aliphatic carbocycles. The van der Waals surface area contributed by atoms with Crippen molar-refractivity contribution in [1.29, 1.82) is 0 Å². The second kappa shape index (κ2) is 5.24. The third kappa shape index (κ3) is 2.98. The quantitative estimate of drug-likeness (QED) is 0.908. The van der Waals surface area contributed by atoms with E-state index in [-0.39, 0.29) is 17.5 Å². The van der Waals surface area contributed by atoms with E-state index in [2.05, 4.69) is 15.3 Å². The molecule has 2 aromatic rings. The lowest BCUT2D eigenvalue weighted by Gasteiger charge is -2.13. The van der Waals surface area contributed by atoms with Crippen molar-refractivity contribution in [2.75, 3.05) is 12.8 Å². The maximum Gasteiger partial charge on any atom is 0.416 e. The van der Waals surface area contributed by atoms with Gasteiger partial charge < -0.3 is 11.1 Å². The Morgan fingerprint density at radius 2 is 2.00 bits per heavy atom. The monoisotopic (exact) mass is 284 g/mol. The topological polar surface area (TPSA) is 63.8 Å². The molecule has 20 heavy (non-hydrogen) atoms. The van der Waals surface area contributed by atoms with Gasteiger partial charge in [-0.25, -0.2) is 9.97 Å². The molecule has 0 spiro atoms. The Morgan fingerprint density at radius 1 is 1.30 bits per heavy atom. The molecule has 2 rings (SSSR count). The number of nitrogens with one attached hydrogen (secondary N) is 1. The molecule has 0 saturated carbocycles. The van der Waals surface area contributed by atoms with Crippen molar-refractivity contribution in [3.63, 3.8) is 0 Å². The third-order valence-electron chi connectivity index (χ3n) is 3.11. The number of nitrogens with zero attached hydrogens (tertiary/aromatic N) is 2. The minimum Gasteiger partial charge on any atom is -0.368 e. The van der Waals surface area contributed by atoms with Crippen LogP contribution in [0.3, 0.4) is 0 Å². The number of anilines is 1. The lowest BCUT2D eigenvalue weighted by Crippen LogP contribution is -2.24. The van der Waals surface area contributed by atoms with Crippen LogP contribution >= 0.6 is 0 Å². The fraction of sp³-hybridized carbons (Fsp3) is 0.385. The smallest absolute Gasteiger partial charge is 0.368 e. The van der Waals surface area contributed by atoms with Gasteiger partial charge in [-0.15, -0.1) is 0 Å². The number of likely N-dealkylation sites (N-methyl/N-ethyl adjacent to an activating group) is 1. The Morgan fingerprint density at radius 3 is 2.60 bits per heavy atom. The summed E-state index contributed by atoms with van der Waals surface area (Å²) in [5, 5.41) is 3.64. The molecule has 0 amide bonds. The lowest BCUT2D eigenvalue weighted by atomic mass is 10.1. The Bertz CT molecular complexity index is 625. The van der Waals surface area contributed by atoms with Gasteiger partial charge in [0.25, 0.3) is 0 Å². The molecule has 0 aliphatic heterocycles. The first-order chi connectivity index (χ1) is 9.31. The summed E-state index contributed by atoms with van der Waals surface area (Å²) in [6.07, 6.45) is -3.84. The highest BCUT2D eigenvalue weighted by Gasteiger charge is 2.30. The first-order valence-electron chi connectivity index (χ1n) is 6.12. The number of benzene rings is 1. The van der Waals surface area contributed by atoms with Gasteiger partial charge in [-0.2, -0.15) is 13.2 Å². The molecule has 0 fully saturated rings. The van der Waals surface area contributed by atoms with Gasteiger partial charge in [-0.3, -0.25) is 0 Å².